The third kappa shape index (κ3) is 4.08. The first kappa shape index (κ1) is 15.9. The molecule has 2 aromatic carbocycles. The molecule has 0 spiro atoms. The summed E-state index contributed by atoms with van der Waals surface area (Å²) in [5, 5.41) is 4.21. The van der Waals surface area contributed by atoms with E-state index < -0.39 is 0 Å². The topological polar surface area (TPSA) is 50.4 Å². The molecule has 23 heavy (non-hydrogen) atoms. The second kappa shape index (κ2) is 7.09. The van der Waals surface area contributed by atoms with Gasteiger partial charge in [-0.1, -0.05) is 54.2 Å². The van der Waals surface area contributed by atoms with E-state index in [1.165, 1.54) is 11.1 Å². The molecule has 3 rings (SSSR count). The summed E-state index contributed by atoms with van der Waals surface area (Å²) in [6.45, 7) is 3.09. The molecule has 0 aromatic heterocycles. The molecule has 0 saturated carbocycles. The zero-order valence-electron chi connectivity index (χ0n) is 13.5. The average Bonchev–Trinajstić information content (AvgIpc) is 2.56. The van der Waals surface area contributed by atoms with Crippen LogP contribution in [-0.2, 0) is 12.0 Å². The molecule has 0 saturated heterocycles. The van der Waals surface area contributed by atoms with E-state index in [1.54, 1.807) is 11.8 Å². The Bertz CT molecular complexity index is 684. The highest BCUT2D eigenvalue weighted by atomic mass is 32.2. The molecular weight excluding hydrogens is 302 g/mol. The van der Waals surface area contributed by atoms with Crippen LogP contribution in [0.15, 0.2) is 59.6 Å². The van der Waals surface area contributed by atoms with Gasteiger partial charge in [0.15, 0.2) is 5.17 Å². The van der Waals surface area contributed by atoms with E-state index in [9.17, 15) is 0 Å². The van der Waals surface area contributed by atoms with E-state index >= 15 is 0 Å². The Hall–Kier alpha value is -1.94. The van der Waals surface area contributed by atoms with Crippen LogP contribution >= 0.6 is 11.8 Å². The highest BCUT2D eigenvalue weighted by Gasteiger charge is 2.29. The fourth-order valence-electron chi connectivity index (χ4n) is 2.85. The van der Waals surface area contributed by atoms with Crippen LogP contribution in [0.1, 0.15) is 24.5 Å². The number of amidine groups is 1. The average molecular weight is 325 g/mol. The van der Waals surface area contributed by atoms with Crippen molar-refractivity contribution >= 4 is 22.6 Å². The number of thioether (sulfide) groups is 1. The lowest BCUT2D eigenvalue weighted by Gasteiger charge is -2.30. The lowest BCUT2D eigenvalue weighted by molar-refractivity contribution is 0.482. The first-order valence-electron chi connectivity index (χ1n) is 8.02. The summed E-state index contributed by atoms with van der Waals surface area (Å²) in [7, 11) is 0. The molecule has 0 bridgehead atoms. The number of nitrogens with one attached hydrogen (secondary N) is 1. The van der Waals surface area contributed by atoms with Gasteiger partial charge in [-0.05, 0) is 43.0 Å². The molecular formula is C19H23N3S. The zero-order valence-corrected chi connectivity index (χ0v) is 14.3. The van der Waals surface area contributed by atoms with Crippen LogP contribution in [0, 0.1) is 0 Å². The van der Waals surface area contributed by atoms with Crippen molar-refractivity contribution in [2.75, 3.05) is 17.6 Å². The fourth-order valence-corrected chi connectivity index (χ4v) is 3.83. The minimum absolute atomic E-state index is 0.202. The summed E-state index contributed by atoms with van der Waals surface area (Å²) in [5.41, 5.74) is 9.45. The Morgan fingerprint density at radius 3 is 2.78 bits per heavy atom. The highest BCUT2D eigenvalue weighted by Crippen LogP contribution is 2.35. The van der Waals surface area contributed by atoms with Crippen LogP contribution in [0.4, 0.5) is 5.69 Å². The standard InChI is InChI=1S/C19H23N3S/c1-19(11-13-23-18(20)22-19)16-8-5-9-17(14-16)21-12-10-15-6-3-2-4-7-15/h2-9,14,21H,10-13H2,1H3,(H2,20,22). The molecule has 4 heteroatoms. The van der Waals surface area contributed by atoms with Gasteiger partial charge in [0.05, 0.1) is 5.54 Å². The van der Waals surface area contributed by atoms with Crippen molar-refractivity contribution in [2.24, 2.45) is 10.7 Å². The van der Waals surface area contributed by atoms with Gasteiger partial charge in [0, 0.05) is 18.0 Å². The zero-order chi connectivity index (χ0) is 16.1. The Morgan fingerprint density at radius 2 is 2.00 bits per heavy atom. The van der Waals surface area contributed by atoms with Gasteiger partial charge in [0.25, 0.3) is 0 Å². The lowest BCUT2D eigenvalue weighted by atomic mass is 9.89. The van der Waals surface area contributed by atoms with E-state index in [0.717, 1.165) is 30.8 Å². The van der Waals surface area contributed by atoms with Crippen molar-refractivity contribution in [3.63, 3.8) is 0 Å². The van der Waals surface area contributed by atoms with E-state index in [1.807, 2.05) is 0 Å². The molecule has 0 amide bonds. The smallest absolute Gasteiger partial charge is 0.154 e. The van der Waals surface area contributed by atoms with Crippen LogP contribution in [0.3, 0.4) is 0 Å². The normalized spacial score (nSPS) is 20.8. The number of nitrogens with zero attached hydrogens (tertiary/aromatic N) is 1. The molecule has 1 atom stereocenters. The maximum Gasteiger partial charge on any atom is 0.154 e. The van der Waals surface area contributed by atoms with Crippen molar-refractivity contribution in [1.82, 2.24) is 0 Å². The molecule has 0 fully saturated rings. The van der Waals surface area contributed by atoms with Crippen molar-refractivity contribution in [1.29, 1.82) is 0 Å². The molecule has 0 aliphatic carbocycles. The van der Waals surface area contributed by atoms with Gasteiger partial charge in [-0.3, -0.25) is 4.99 Å². The van der Waals surface area contributed by atoms with Crippen LogP contribution in [-0.4, -0.2) is 17.5 Å². The predicted octanol–water partition coefficient (Wildman–Crippen LogP) is 4.01. The molecule has 3 N–H and O–H groups in total. The van der Waals surface area contributed by atoms with Gasteiger partial charge in [0.2, 0.25) is 0 Å². The molecule has 2 aromatic rings. The van der Waals surface area contributed by atoms with E-state index in [4.69, 9.17) is 5.73 Å². The minimum atomic E-state index is -0.202. The third-order valence-corrected chi connectivity index (χ3v) is 5.06. The summed E-state index contributed by atoms with van der Waals surface area (Å²) < 4.78 is 0. The molecule has 1 aliphatic rings. The van der Waals surface area contributed by atoms with Crippen LogP contribution in [0.2, 0.25) is 0 Å². The monoisotopic (exact) mass is 325 g/mol. The van der Waals surface area contributed by atoms with Crippen molar-refractivity contribution in [3.05, 3.63) is 65.7 Å². The summed E-state index contributed by atoms with van der Waals surface area (Å²) in [6, 6.07) is 19.1. The minimum Gasteiger partial charge on any atom is -0.385 e. The Labute approximate surface area is 142 Å². The fraction of sp³-hybridized carbons (Fsp3) is 0.316. The summed E-state index contributed by atoms with van der Waals surface area (Å²) >= 11 is 1.64. The number of hydrogen-bond donors (Lipinski definition) is 2. The van der Waals surface area contributed by atoms with Crippen LogP contribution in [0.25, 0.3) is 0 Å². The molecule has 120 valence electrons. The number of anilines is 1. The van der Waals surface area contributed by atoms with Gasteiger partial charge in [-0.15, -0.1) is 0 Å². The van der Waals surface area contributed by atoms with Gasteiger partial charge >= 0.3 is 0 Å². The molecule has 1 unspecified atom stereocenters. The van der Waals surface area contributed by atoms with E-state index in [-0.39, 0.29) is 5.54 Å². The number of rotatable bonds is 5. The summed E-state index contributed by atoms with van der Waals surface area (Å²) in [4.78, 5) is 4.68. The highest BCUT2D eigenvalue weighted by molar-refractivity contribution is 8.13. The second-order valence-electron chi connectivity index (χ2n) is 6.07. The van der Waals surface area contributed by atoms with Gasteiger partial charge in [-0.25, -0.2) is 0 Å². The third-order valence-electron chi connectivity index (χ3n) is 4.27. The molecule has 3 nitrogen and oxygen atoms in total. The first-order chi connectivity index (χ1) is 11.2. The first-order valence-corrected chi connectivity index (χ1v) is 9.01. The molecule has 1 aliphatic heterocycles. The van der Waals surface area contributed by atoms with Crippen molar-refractivity contribution < 1.29 is 0 Å². The van der Waals surface area contributed by atoms with Gasteiger partial charge in [0.1, 0.15) is 0 Å². The van der Waals surface area contributed by atoms with Crippen LogP contribution < -0.4 is 11.1 Å². The second-order valence-corrected chi connectivity index (χ2v) is 7.18. The summed E-state index contributed by atoms with van der Waals surface area (Å²) in [5.74, 6) is 1.03. The predicted molar refractivity (Wildman–Crippen MR) is 101 cm³/mol. The Kier molecular flexibility index (Phi) is 4.91. The number of benzene rings is 2. The SMILES string of the molecule is CC1(c2cccc(NCCc3ccccc3)c2)CCSC(N)=N1. The Balaban J connectivity index is 1.67. The quantitative estimate of drug-likeness (QED) is 0.873. The molecule has 1 heterocycles. The Morgan fingerprint density at radius 1 is 1.17 bits per heavy atom. The van der Waals surface area contributed by atoms with Gasteiger partial charge in [-0.2, -0.15) is 0 Å². The number of hydrogen-bond acceptors (Lipinski definition) is 4. The van der Waals surface area contributed by atoms with Crippen molar-refractivity contribution in [3.8, 4) is 0 Å². The van der Waals surface area contributed by atoms with Gasteiger partial charge < -0.3 is 11.1 Å². The van der Waals surface area contributed by atoms with Crippen LogP contribution in [0.5, 0.6) is 0 Å². The lowest BCUT2D eigenvalue weighted by Crippen LogP contribution is -2.28. The largest absolute Gasteiger partial charge is 0.385 e. The number of nitrogens with two attached hydrogens (primary N) is 1. The number of aliphatic imine (C=N–C) groups is 1. The maximum absolute atomic E-state index is 5.93. The maximum atomic E-state index is 5.93. The van der Waals surface area contributed by atoms with Crippen molar-refractivity contribution in [2.45, 2.75) is 25.3 Å². The van der Waals surface area contributed by atoms with E-state index in [0.29, 0.717) is 5.17 Å². The van der Waals surface area contributed by atoms with E-state index in [2.05, 4.69) is 71.8 Å². The molecule has 0 radical (unpaired) electrons. The summed E-state index contributed by atoms with van der Waals surface area (Å²) in [6.07, 6.45) is 2.04.